The van der Waals surface area contributed by atoms with Crippen molar-refractivity contribution in [2.75, 3.05) is 19.3 Å². The van der Waals surface area contributed by atoms with Gasteiger partial charge in [0.1, 0.15) is 0 Å². The summed E-state index contributed by atoms with van der Waals surface area (Å²) < 4.78 is 25.0. The van der Waals surface area contributed by atoms with Gasteiger partial charge in [0.15, 0.2) is 0 Å². The fraction of sp³-hybridized carbons (Fsp3) is 0.533. The van der Waals surface area contributed by atoms with E-state index in [1.807, 2.05) is 38.1 Å². The van der Waals surface area contributed by atoms with E-state index in [0.717, 1.165) is 17.5 Å². The van der Waals surface area contributed by atoms with Gasteiger partial charge in [-0.3, -0.25) is 4.79 Å². The molecule has 0 aromatic heterocycles. The number of sulfonamides is 1. The molecule has 0 aliphatic rings. The van der Waals surface area contributed by atoms with Crippen molar-refractivity contribution in [2.45, 2.75) is 33.2 Å². The lowest BCUT2D eigenvalue weighted by molar-refractivity contribution is -0.121. The highest BCUT2D eigenvalue weighted by Crippen LogP contribution is 2.10. The Morgan fingerprint density at radius 1 is 1.24 bits per heavy atom. The molecule has 0 fully saturated rings. The van der Waals surface area contributed by atoms with Crippen LogP contribution in [0.25, 0.3) is 0 Å². The number of carbonyl (C=O) groups is 1. The van der Waals surface area contributed by atoms with Crippen molar-refractivity contribution >= 4 is 15.9 Å². The number of amides is 1. The minimum Gasteiger partial charge on any atom is -0.356 e. The van der Waals surface area contributed by atoms with Gasteiger partial charge in [0.25, 0.3) is 0 Å². The molecule has 21 heavy (non-hydrogen) atoms. The Bertz CT molecular complexity index is 553. The van der Waals surface area contributed by atoms with Gasteiger partial charge < -0.3 is 5.32 Å². The second kappa shape index (κ2) is 8.14. The van der Waals surface area contributed by atoms with Crippen LogP contribution in [0, 0.1) is 6.92 Å². The van der Waals surface area contributed by atoms with E-state index in [1.54, 1.807) is 0 Å². The van der Waals surface area contributed by atoms with Crippen LogP contribution in [0.5, 0.6) is 0 Å². The Labute approximate surface area is 127 Å². The van der Waals surface area contributed by atoms with Crippen molar-refractivity contribution in [2.24, 2.45) is 0 Å². The molecule has 0 atom stereocenters. The summed E-state index contributed by atoms with van der Waals surface area (Å²) in [5.41, 5.74) is 2.04. The molecule has 118 valence electrons. The normalized spacial score (nSPS) is 11.6. The summed E-state index contributed by atoms with van der Waals surface area (Å²) >= 11 is 0. The lowest BCUT2D eigenvalue weighted by Crippen LogP contribution is -2.34. The summed E-state index contributed by atoms with van der Waals surface area (Å²) in [5.74, 6) is -0.116. The van der Waals surface area contributed by atoms with Crippen molar-refractivity contribution in [3.05, 3.63) is 35.4 Å². The molecule has 0 radical (unpaired) electrons. The minimum absolute atomic E-state index is 0.116. The molecule has 6 heteroatoms. The first-order valence-corrected chi connectivity index (χ1v) is 8.95. The molecule has 5 nitrogen and oxygen atoms in total. The van der Waals surface area contributed by atoms with Crippen LogP contribution in [0.3, 0.4) is 0 Å². The molecule has 0 saturated heterocycles. The van der Waals surface area contributed by atoms with E-state index in [9.17, 15) is 13.2 Å². The third kappa shape index (κ3) is 6.73. The molecule has 0 aliphatic carbocycles. The molecule has 0 saturated carbocycles. The highest BCUT2D eigenvalue weighted by Gasteiger charge is 2.18. The summed E-state index contributed by atoms with van der Waals surface area (Å²) in [5, 5.41) is 2.75. The van der Waals surface area contributed by atoms with Gasteiger partial charge in [0.05, 0.1) is 6.26 Å². The molecule has 0 heterocycles. The Hall–Kier alpha value is -1.40. The largest absolute Gasteiger partial charge is 0.356 e. The van der Waals surface area contributed by atoms with Crippen molar-refractivity contribution in [1.82, 2.24) is 9.62 Å². The van der Waals surface area contributed by atoms with Gasteiger partial charge in [-0.1, -0.05) is 36.8 Å². The number of benzene rings is 1. The zero-order valence-electron chi connectivity index (χ0n) is 12.9. The van der Waals surface area contributed by atoms with Gasteiger partial charge in [-0.05, 0) is 18.9 Å². The molecule has 1 aromatic rings. The van der Waals surface area contributed by atoms with E-state index in [2.05, 4.69) is 5.32 Å². The van der Waals surface area contributed by atoms with Crippen LogP contribution >= 0.6 is 0 Å². The second-order valence-corrected chi connectivity index (χ2v) is 7.16. The zero-order chi connectivity index (χ0) is 15.9. The van der Waals surface area contributed by atoms with Gasteiger partial charge >= 0.3 is 0 Å². The molecule has 1 N–H and O–H groups in total. The minimum atomic E-state index is -3.34. The zero-order valence-corrected chi connectivity index (χ0v) is 13.7. The number of nitrogens with one attached hydrogen (secondary N) is 1. The highest BCUT2D eigenvalue weighted by molar-refractivity contribution is 7.88. The standard InChI is InChI=1S/C15H24N2O3S/c1-4-10-16-15(18)9-11-17(21(3,19)20)12-14-7-5-13(2)6-8-14/h5-8H,4,9-12H2,1-3H3,(H,16,18). The van der Waals surface area contributed by atoms with Gasteiger partial charge in [-0.25, -0.2) is 8.42 Å². The quantitative estimate of drug-likeness (QED) is 0.794. The lowest BCUT2D eigenvalue weighted by Gasteiger charge is -2.20. The highest BCUT2D eigenvalue weighted by atomic mass is 32.2. The summed E-state index contributed by atoms with van der Waals surface area (Å²) in [7, 11) is -3.34. The van der Waals surface area contributed by atoms with Crippen molar-refractivity contribution in [1.29, 1.82) is 0 Å². The van der Waals surface area contributed by atoms with Crippen LogP contribution in [-0.4, -0.2) is 38.0 Å². The smallest absolute Gasteiger partial charge is 0.221 e. The van der Waals surface area contributed by atoms with Crippen molar-refractivity contribution in [3.63, 3.8) is 0 Å². The molecule has 0 bridgehead atoms. The number of nitrogens with zero attached hydrogens (tertiary/aromatic N) is 1. The molecule has 0 unspecified atom stereocenters. The summed E-state index contributed by atoms with van der Waals surface area (Å²) in [4.78, 5) is 11.6. The van der Waals surface area contributed by atoms with Gasteiger partial charge in [0, 0.05) is 26.1 Å². The number of hydrogen-bond donors (Lipinski definition) is 1. The predicted octanol–water partition coefficient (Wildman–Crippen LogP) is 1.67. The molecule has 1 amide bonds. The van der Waals surface area contributed by atoms with Gasteiger partial charge in [-0.15, -0.1) is 0 Å². The summed E-state index contributed by atoms with van der Waals surface area (Å²) in [6.07, 6.45) is 2.22. The fourth-order valence-electron chi connectivity index (χ4n) is 1.84. The topological polar surface area (TPSA) is 66.5 Å². The monoisotopic (exact) mass is 312 g/mol. The maximum Gasteiger partial charge on any atom is 0.221 e. The van der Waals surface area contributed by atoms with E-state index in [1.165, 1.54) is 10.6 Å². The lowest BCUT2D eigenvalue weighted by atomic mass is 10.1. The Morgan fingerprint density at radius 3 is 2.38 bits per heavy atom. The molecular formula is C15H24N2O3S. The predicted molar refractivity (Wildman–Crippen MR) is 84.4 cm³/mol. The second-order valence-electron chi connectivity index (χ2n) is 5.18. The number of rotatable bonds is 8. The van der Waals surface area contributed by atoms with Crippen molar-refractivity contribution in [3.8, 4) is 0 Å². The Morgan fingerprint density at radius 2 is 1.86 bits per heavy atom. The van der Waals surface area contributed by atoms with E-state index in [0.29, 0.717) is 13.1 Å². The maximum atomic E-state index is 11.8. The van der Waals surface area contributed by atoms with Crippen LogP contribution in [-0.2, 0) is 21.4 Å². The summed E-state index contributed by atoms with van der Waals surface area (Å²) in [6.45, 7) is 5.06. The third-order valence-electron chi connectivity index (χ3n) is 3.11. The Kier molecular flexibility index (Phi) is 6.84. The number of hydrogen-bond acceptors (Lipinski definition) is 3. The summed E-state index contributed by atoms with van der Waals surface area (Å²) in [6, 6.07) is 7.71. The van der Waals surface area contributed by atoms with Crippen LogP contribution in [0.15, 0.2) is 24.3 Å². The van der Waals surface area contributed by atoms with Crippen LogP contribution in [0.2, 0.25) is 0 Å². The van der Waals surface area contributed by atoms with Crippen LogP contribution in [0.4, 0.5) is 0 Å². The number of carbonyl (C=O) groups excluding carboxylic acids is 1. The fourth-order valence-corrected chi connectivity index (χ4v) is 2.64. The first-order valence-electron chi connectivity index (χ1n) is 7.10. The van der Waals surface area contributed by atoms with E-state index in [-0.39, 0.29) is 18.9 Å². The van der Waals surface area contributed by atoms with Crippen LogP contribution < -0.4 is 5.32 Å². The first-order chi connectivity index (χ1) is 9.82. The van der Waals surface area contributed by atoms with E-state index >= 15 is 0 Å². The maximum absolute atomic E-state index is 11.8. The molecule has 1 aromatic carbocycles. The Balaban J connectivity index is 2.65. The number of aryl methyl sites for hydroxylation is 1. The molecule has 1 rings (SSSR count). The first kappa shape index (κ1) is 17.7. The van der Waals surface area contributed by atoms with Crippen LogP contribution in [0.1, 0.15) is 30.9 Å². The van der Waals surface area contributed by atoms with Crippen molar-refractivity contribution < 1.29 is 13.2 Å². The third-order valence-corrected chi connectivity index (χ3v) is 4.36. The average molecular weight is 312 g/mol. The average Bonchev–Trinajstić information content (AvgIpc) is 2.41. The molecular weight excluding hydrogens is 288 g/mol. The molecule has 0 spiro atoms. The SMILES string of the molecule is CCCNC(=O)CCN(Cc1ccc(C)cc1)S(C)(=O)=O. The molecule has 0 aliphatic heterocycles. The van der Waals surface area contributed by atoms with E-state index in [4.69, 9.17) is 0 Å². The van der Waals surface area contributed by atoms with Gasteiger partial charge in [-0.2, -0.15) is 4.31 Å². The van der Waals surface area contributed by atoms with E-state index < -0.39 is 10.0 Å². The van der Waals surface area contributed by atoms with Gasteiger partial charge in [0.2, 0.25) is 15.9 Å².